The van der Waals surface area contributed by atoms with Gasteiger partial charge >= 0.3 is 0 Å². The monoisotopic (exact) mass is 269 g/mol. The van der Waals surface area contributed by atoms with Crippen molar-refractivity contribution in [3.05, 3.63) is 35.4 Å². The van der Waals surface area contributed by atoms with E-state index in [-0.39, 0.29) is 16.4 Å². The maximum atomic E-state index is 11.3. The molecule has 1 heterocycles. The minimum Gasteiger partial charge on any atom is -0.286 e. The second-order valence-corrected chi connectivity index (χ2v) is 5.08. The van der Waals surface area contributed by atoms with E-state index in [9.17, 15) is 14.4 Å². The van der Waals surface area contributed by atoms with Gasteiger partial charge in [-0.1, -0.05) is 23.9 Å². The number of halogens is 1. The van der Waals surface area contributed by atoms with Crippen molar-refractivity contribution in [1.82, 2.24) is 5.32 Å². The third kappa shape index (κ3) is 2.87. The number of hydrogen-bond acceptors (Lipinski definition) is 4. The van der Waals surface area contributed by atoms with Crippen LogP contribution in [0.1, 0.15) is 15.9 Å². The van der Waals surface area contributed by atoms with Crippen molar-refractivity contribution in [1.29, 1.82) is 0 Å². The van der Waals surface area contributed by atoms with Gasteiger partial charge in [0.05, 0.1) is 5.25 Å². The van der Waals surface area contributed by atoms with E-state index in [2.05, 4.69) is 5.32 Å². The molecule has 0 saturated carbocycles. The summed E-state index contributed by atoms with van der Waals surface area (Å²) in [6.07, 6.45) is 0.457. The molecule has 2 rings (SSSR count). The first kappa shape index (κ1) is 12.1. The van der Waals surface area contributed by atoms with Crippen LogP contribution in [0.4, 0.5) is 4.79 Å². The van der Waals surface area contributed by atoms with Gasteiger partial charge in [0.2, 0.25) is 5.91 Å². The lowest BCUT2D eigenvalue weighted by Gasteiger charge is -2.05. The zero-order chi connectivity index (χ0) is 12.4. The second-order valence-electron chi connectivity index (χ2n) is 3.56. The van der Waals surface area contributed by atoms with Crippen LogP contribution >= 0.6 is 23.4 Å². The Hall–Kier alpha value is -1.33. The molecule has 0 bridgehead atoms. The Labute approximate surface area is 107 Å². The van der Waals surface area contributed by atoms with Crippen molar-refractivity contribution in [2.24, 2.45) is 0 Å². The number of imide groups is 1. The maximum absolute atomic E-state index is 11.3. The zero-order valence-corrected chi connectivity index (χ0v) is 10.2. The second kappa shape index (κ2) is 4.89. The molecule has 0 aliphatic carbocycles. The summed E-state index contributed by atoms with van der Waals surface area (Å²) in [6.45, 7) is 0. The molecular weight excluding hydrogens is 262 g/mol. The highest BCUT2D eigenvalue weighted by molar-refractivity contribution is 8.15. The third-order valence-electron chi connectivity index (χ3n) is 2.37. The summed E-state index contributed by atoms with van der Waals surface area (Å²) in [6, 6.07) is 6.66. The van der Waals surface area contributed by atoms with Gasteiger partial charge in [0.25, 0.3) is 10.5 Å². The quantitative estimate of drug-likeness (QED) is 0.852. The van der Waals surface area contributed by atoms with Crippen LogP contribution in [0.2, 0.25) is 0 Å². The van der Waals surface area contributed by atoms with E-state index in [0.717, 1.165) is 17.3 Å². The summed E-state index contributed by atoms with van der Waals surface area (Å²) in [5.41, 5.74) is 1.30. The van der Waals surface area contributed by atoms with Gasteiger partial charge in [-0.3, -0.25) is 19.7 Å². The van der Waals surface area contributed by atoms with E-state index < -0.39 is 5.24 Å². The van der Waals surface area contributed by atoms with Gasteiger partial charge in [0.15, 0.2) is 0 Å². The standard InChI is InChI=1S/C11H8ClNO3S/c12-9(14)7-3-1-6(2-4-7)5-8-10(15)13-11(16)17-8/h1-4,8H,5H2,(H,13,15,16). The van der Waals surface area contributed by atoms with Crippen molar-refractivity contribution < 1.29 is 14.4 Å². The van der Waals surface area contributed by atoms with Crippen LogP contribution < -0.4 is 5.32 Å². The van der Waals surface area contributed by atoms with E-state index in [1.807, 2.05) is 0 Å². The van der Waals surface area contributed by atoms with Crippen LogP contribution in [0.15, 0.2) is 24.3 Å². The molecule has 1 atom stereocenters. The number of amides is 2. The summed E-state index contributed by atoms with van der Waals surface area (Å²) in [7, 11) is 0. The van der Waals surface area contributed by atoms with Gasteiger partial charge in [-0.2, -0.15) is 0 Å². The van der Waals surface area contributed by atoms with Gasteiger partial charge in [-0.05, 0) is 35.7 Å². The molecule has 4 nitrogen and oxygen atoms in total. The van der Waals surface area contributed by atoms with Crippen LogP contribution in [0.5, 0.6) is 0 Å². The first-order valence-corrected chi connectivity index (χ1v) is 6.12. The summed E-state index contributed by atoms with van der Waals surface area (Å²) in [4.78, 5) is 33.2. The van der Waals surface area contributed by atoms with Gasteiger partial charge in [-0.25, -0.2) is 0 Å². The lowest BCUT2D eigenvalue weighted by molar-refractivity contribution is -0.118. The average molecular weight is 270 g/mol. The molecule has 17 heavy (non-hydrogen) atoms. The maximum Gasteiger partial charge on any atom is 0.286 e. The van der Waals surface area contributed by atoms with E-state index in [4.69, 9.17) is 11.6 Å². The molecule has 0 radical (unpaired) electrons. The number of nitrogens with one attached hydrogen (secondary N) is 1. The van der Waals surface area contributed by atoms with Crippen LogP contribution in [0.3, 0.4) is 0 Å². The normalized spacial score (nSPS) is 19.2. The number of thioether (sulfide) groups is 1. The number of benzene rings is 1. The van der Waals surface area contributed by atoms with E-state index in [1.165, 1.54) is 0 Å². The Kier molecular flexibility index (Phi) is 3.49. The molecule has 2 amide bonds. The SMILES string of the molecule is O=C1NC(=O)C(Cc2ccc(C(=O)Cl)cc2)S1. The highest BCUT2D eigenvalue weighted by Gasteiger charge is 2.31. The van der Waals surface area contributed by atoms with E-state index >= 15 is 0 Å². The number of rotatable bonds is 3. The van der Waals surface area contributed by atoms with Crippen LogP contribution in [-0.4, -0.2) is 21.6 Å². The van der Waals surface area contributed by atoms with E-state index in [0.29, 0.717) is 12.0 Å². The van der Waals surface area contributed by atoms with Gasteiger partial charge in [0.1, 0.15) is 0 Å². The molecule has 0 aromatic heterocycles. The minimum absolute atomic E-state index is 0.266. The largest absolute Gasteiger partial charge is 0.286 e. The van der Waals surface area contributed by atoms with Gasteiger partial charge in [0, 0.05) is 5.56 Å². The fourth-order valence-electron chi connectivity index (χ4n) is 1.51. The molecule has 6 heteroatoms. The summed E-state index contributed by atoms with van der Waals surface area (Å²) in [5, 5.41) is 1.01. The molecule has 1 aliphatic rings. The summed E-state index contributed by atoms with van der Waals surface area (Å²) in [5.74, 6) is -0.266. The number of carbonyl (C=O) groups is 3. The Morgan fingerprint density at radius 1 is 1.29 bits per heavy atom. The highest BCUT2D eigenvalue weighted by Crippen LogP contribution is 2.23. The predicted octanol–water partition coefficient (Wildman–Crippen LogP) is 1.96. The van der Waals surface area contributed by atoms with Gasteiger partial charge < -0.3 is 0 Å². The minimum atomic E-state index is -0.514. The molecule has 1 N–H and O–H groups in total. The predicted molar refractivity (Wildman–Crippen MR) is 65.2 cm³/mol. The molecule has 1 fully saturated rings. The zero-order valence-electron chi connectivity index (χ0n) is 8.60. The Morgan fingerprint density at radius 3 is 2.41 bits per heavy atom. The molecular formula is C11H8ClNO3S. The summed E-state index contributed by atoms with van der Waals surface area (Å²) < 4.78 is 0. The molecule has 0 spiro atoms. The molecule has 1 saturated heterocycles. The molecule has 88 valence electrons. The third-order valence-corrected chi connectivity index (χ3v) is 3.57. The fourth-order valence-corrected chi connectivity index (χ4v) is 2.50. The van der Waals surface area contributed by atoms with Crippen LogP contribution in [0.25, 0.3) is 0 Å². The Morgan fingerprint density at radius 2 is 1.94 bits per heavy atom. The molecule has 1 aromatic rings. The summed E-state index contributed by atoms with van der Waals surface area (Å²) >= 11 is 6.30. The first-order valence-electron chi connectivity index (χ1n) is 4.86. The van der Waals surface area contributed by atoms with Gasteiger partial charge in [-0.15, -0.1) is 0 Å². The first-order chi connectivity index (χ1) is 8.06. The van der Waals surface area contributed by atoms with Crippen molar-refractivity contribution in [2.45, 2.75) is 11.7 Å². The molecule has 1 unspecified atom stereocenters. The van der Waals surface area contributed by atoms with Crippen molar-refractivity contribution in [3.8, 4) is 0 Å². The van der Waals surface area contributed by atoms with Crippen molar-refractivity contribution in [2.75, 3.05) is 0 Å². The lowest BCUT2D eigenvalue weighted by atomic mass is 10.1. The van der Waals surface area contributed by atoms with E-state index in [1.54, 1.807) is 24.3 Å². The van der Waals surface area contributed by atoms with Crippen molar-refractivity contribution >= 4 is 39.8 Å². The highest BCUT2D eigenvalue weighted by atomic mass is 35.5. The smallest absolute Gasteiger partial charge is 0.286 e. The van der Waals surface area contributed by atoms with Crippen LogP contribution in [0, 0.1) is 0 Å². The molecule has 1 aromatic carbocycles. The average Bonchev–Trinajstić information content (AvgIpc) is 2.58. The van der Waals surface area contributed by atoms with Crippen LogP contribution in [-0.2, 0) is 11.2 Å². The Balaban J connectivity index is 2.07. The lowest BCUT2D eigenvalue weighted by Crippen LogP contribution is -2.25. The number of carbonyl (C=O) groups excluding carboxylic acids is 3. The van der Waals surface area contributed by atoms with Crippen molar-refractivity contribution in [3.63, 3.8) is 0 Å². The molecule has 1 aliphatic heterocycles. The Bertz CT molecular complexity index is 486. The number of hydrogen-bond donors (Lipinski definition) is 1. The fraction of sp³-hybridized carbons (Fsp3) is 0.182. The topological polar surface area (TPSA) is 63.2 Å².